The zero-order valence-electron chi connectivity index (χ0n) is 18.0. The molecule has 0 bridgehead atoms. The number of hydrogen-bond acceptors (Lipinski definition) is 6. The van der Waals surface area contributed by atoms with Crippen LogP contribution in [0.4, 0.5) is 5.82 Å². The first-order valence-electron chi connectivity index (χ1n) is 10.4. The summed E-state index contributed by atoms with van der Waals surface area (Å²) in [5.74, 6) is -0.737. The number of amides is 1. The first-order chi connectivity index (χ1) is 16.0. The van der Waals surface area contributed by atoms with E-state index in [4.69, 9.17) is 9.26 Å². The molecule has 0 saturated carbocycles. The Morgan fingerprint density at radius 1 is 1.00 bits per heavy atom. The van der Waals surface area contributed by atoms with E-state index in [1.54, 1.807) is 49.4 Å². The van der Waals surface area contributed by atoms with E-state index in [-0.39, 0.29) is 17.2 Å². The number of carbonyl (C=O) groups excluding carboxylic acids is 2. The van der Waals surface area contributed by atoms with Crippen LogP contribution < -0.4 is 9.64 Å². The summed E-state index contributed by atoms with van der Waals surface area (Å²) in [5, 5.41) is 17.2. The van der Waals surface area contributed by atoms with Crippen LogP contribution in [0.3, 0.4) is 0 Å². The lowest BCUT2D eigenvalue weighted by atomic mass is 9.94. The third kappa shape index (κ3) is 3.34. The van der Waals surface area contributed by atoms with Crippen LogP contribution in [0, 0.1) is 6.92 Å². The lowest BCUT2D eigenvalue weighted by Gasteiger charge is -2.24. The number of hydrogen-bond donors (Lipinski definition) is 1. The lowest BCUT2D eigenvalue weighted by molar-refractivity contribution is -0.132. The topological polar surface area (TPSA) is 92.9 Å². The summed E-state index contributed by atoms with van der Waals surface area (Å²) in [6, 6.07) is 20.8. The molecule has 1 unspecified atom stereocenters. The van der Waals surface area contributed by atoms with Crippen molar-refractivity contribution >= 4 is 34.0 Å². The summed E-state index contributed by atoms with van der Waals surface area (Å²) < 4.78 is 10.7. The number of Topliss-reactive ketones (excluding diaryl/α,β-unsaturated/α-hetero) is 1. The number of aliphatic hydroxyl groups is 1. The SMILES string of the molecule is COc1ccccc1C1C(=C(O)c2ccc3ccccc3c2)C(=O)C(=O)N1c1cc(C)on1. The summed E-state index contributed by atoms with van der Waals surface area (Å²) in [5.41, 5.74) is 0.936. The second-order valence-corrected chi connectivity index (χ2v) is 7.77. The van der Waals surface area contributed by atoms with Crippen molar-refractivity contribution in [3.05, 3.63) is 95.3 Å². The quantitative estimate of drug-likeness (QED) is 0.279. The van der Waals surface area contributed by atoms with Crippen molar-refractivity contribution in [3.8, 4) is 5.75 Å². The van der Waals surface area contributed by atoms with Crippen LogP contribution in [0.1, 0.15) is 22.9 Å². The summed E-state index contributed by atoms with van der Waals surface area (Å²) in [6.07, 6.45) is 0. The fourth-order valence-corrected chi connectivity index (χ4v) is 4.21. The number of nitrogens with zero attached hydrogens (tertiary/aromatic N) is 2. The van der Waals surface area contributed by atoms with Gasteiger partial charge in [0.25, 0.3) is 5.78 Å². The van der Waals surface area contributed by atoms with Crippen LogP contribution in [0.2, 0.25) is 0 Å². The van der Waals surface area contributed by atoms with Gasteiger partial charge < -0.3 is 14.4 Å². The van der Waals surface area contributed by atoms with Crippen LogP contribution in [0.15, 0.2) is 82.9 Å². The molecule has 3 aromatic carbocycles. The summed E-state index contributed by atoms with van der Waals surface area (Å²) in [4.78, 5) is 27.7. The first kappa shape index (κ1) is 20.5. The van der Waals surface area contributed by atoms with Gasteiger partial charge in [0.15, 0.2) is 5.82 Å². The zero-order chi connectivity index (χ0) is 23.1. The Balaban J connectivity index is 1.76. The molecule has 7 nitrogen and oxygen atoms in total. The number of aliphatic hydroxyl groups excluding tert-OH is 1. The predicted molar refractivity (Wildman–Crippen MR) is 123 cm³/mol. The summed E-state index contributed by atoms with van der Waals surface area (Å²) >= 11 is 0. The Kier molecular flexibility index (Phi) is 4.94. The largest absolute Gasteiger partial charge is 0.507 e. The molecule has 1 fully saturated rings. The lowest BCUT2D eigenvalue weighted by Crippen LogP contribution is -2.29. The molecule has 0 aliphatic carbocycles. The van der Waals surface area contributed by atoms with Crippen LogP contribution in [0.5, 0.6) is 5.75 Å². The first-order valence-corrected chi connectivity index (χ1v) is 10.4. The highest BCUT2D eigenvalue weighted by molar-refractivity contribution is 6.51. The van der Waals surface area contributed by atoms with Crippen LogP contribution in [-0.4, -0.2) is 29.1 Å². The van der Waals surface area contributed by atoms with Gasteiger partial charge in [-0.05, 0) is 29.8 Å². The molecule has 164 valence electrons. The highest BCUT2D eigenvalue weighted by Gasteiger charge is 2.49. The normalized spacial score (nSPS) is 17.6. The third-order valence-electron chi connectivity index (χ3n) is 5.76. The van der Waals surface area contributed by atoms with E-state index >= 15 is 0 Å². The molecule has 1 aromatic heterocycles. The van der Waals surface area contributed by atoms with Crippen LogP contribution in [-0.2, 0) is 9.59 Å². The maximum Gasteiger partial charge on any atom is 0.301 e. The molecular formula is C26H20N2O5. The number of aromatic nitrogens is 1. The number of rotatable bonds is 4. The zero-order valence-corrected chi connectivity index (χ0v) is 18.0. The van der Waals surface area contributed by atoms with Gasteiger partial charge in [-0.25, -0.2) is 0 Å². The molecule has 7 heteroatoms. The van der Waals surface area contributed by atoms with Crippen LogP contribution >= 0.6 is 0 Å². The van der Waals surface area contributed by atoms with E-state index in [0.717, 1.165) is 10.8 Å². The molecule has 2 heterocycles. The van der Waals surface area contributed by atoms with E-state index < -0.39 is 17.7 Å². The van der Waals surface area contributed by atoms with Gasteiger partial charge in [0.1, 0.15) is 23.3 Å². The Hall–Kier alpha value is -4.39. The number of aryl methyl sites for hydroxylation is 1. The maximum atomic E-state index is 13.2. The standard InChI is InChI=1S/C26H20N2O5/c1-15-13-21(27-33-15)28-23(19-9-5-6-10-20(19)32-2)22(25(30)26(28)31)24(29)18-12-11-16-7-3-4-8-17(16)14-18/h3-14,23,29H,1-2H3. The van der Waals surface area contributed by atoms with E-state index in [0.29, 0.717) is 22.6 Å². The summed E-state index contributed by atoms with van der Waals surface area (Å²) in [7, 11) is 1.51. The highest BCUT2D eigenvalue weighted by atomic mass is 16.5. The Morgan fingerprint density at radius 3 is 2.45 bits per heavy atom. The average Bonchev–Trinajstić information content (AvgIpc) is 3.38. The highest BCUT2D eigenvalue weighted by Crippen LogP contribution is 2.44. The second kappa shape index (κ2) is 7.94. The number of benzene rings is 3. The summed E-state index contributed by atoms with van der Waals surface area (Å²) in [6.45, 7) is 1.69. The van der Waals surface area contributed by atoms with E-state index in [1.165, 1.54) is 12.0 Å². The minimum atomic E-state index is -0.947. The Morgan fingerprint density at radius 2 is 1.73 bits per heavy atom. The third-order valence-corrected chi connectivity index (χ3v) is 5.76. The van der Waals surface area contributed by atoms with Gasteiger partial charge in [0.05, 0.1) is 12.7 Å². The Bertz CT molecular complexity index is 1440. The van der Waals surface area contributed by atoms with Gasteiger partial charge in [-0.2, -0.15) is 0 Å². The molecule has 5 rings (SSSR count). The number of anilines is 1. The van der Waals surface area contributed by atoms with Gasteiger partial charge in [0.2, 0.25) is 0 Å². The molecule has 0 radical (unpaired) electrons. The molecule has 0 spiro atoms. The molecule has 4 aromatic rings. The number of para-hydroxylation sites is 1. The van der Waals surface area contributed by atoms with Gasteiger partial charge in [-0.15, -0.1) is 0 Å². The maximum absolute atomic E-state index is 13.2. The molecule has 1 saturated heterocycles. The average molecular weight is 440 g/mol. The molecule has 1 aliphatic rings. The van der Waals surface area contributed by atoms with Gasteiger partial charge in [-0.3, -0.25) is 14.5 Å². The molecular weight excluding hydrogens is 420 g/mol. The van der Waals surface area contributed by atoms with Crippen molar-refractivity contribution in [3.63, 3.8) is 0 Å². The number of ether oxygens (including phenoxy) is 1. The van der Waals surface area contributed by atoms with Gasteiger partial charge >= 0.3 is 5.91 Å². The van der Waals surface area contributed by atoms with Crippen molar-refractivity contribution in [2.45, 2.75) is 13.0 Å². The fourth-order valence-electron chi connectivity index (χ4n) is 4.21. The Labute approximate surface area is 189 Å². The van der Waals surface area contributed by atoms with E-state index in [1.807, 2.05) is 30.3 Å². The van der Waals surface area contributed by atoms with Crippen LogP contribution in [0.25, 0.3) is 16.5 Å². The molecule has 1 N–H and O–H groups in total. The van der Waals surface area contributed by atoms with E-state index in [2.05, 4.69) is 5.16 Å². The number of carbonyl (C=O) groups is 2. The second-order valence-electron chi connectivity index (χ2n) is 7.77. The fraction of sp³-hybridized carbons (Fsp3) is 0.115. The predicted octanol–water partition coefficient (Wildman–Crippen LogP) is 4.77. The minimum Gasteiger partial charge on any atom is -0.507 e. The number of ketones is 1. The number of methoxy groups -OCH3 is 1. The minimum absolute atomic E-state index is 0.0413. The van der Waals surface area contributed by atoms with Crippen molar-refractivity contribution in [2.24, 2.45) is 0 Å². The number of fused-ring (bicyclic) bond motifs is 1. The van der Waals surface area contributed by atoms with Crippen molar-refractivity contribution in [1.82, 2.24) is 5.16 Å². The van der Waals surface area contributed by atoms with E-state index in [9.17, 15) is 14.7 Å². The van der Waals surface area contributed by atoms with Crippen molar-refractivity contribution < 1.29 is 24.0 Å². The molecule has 1 amide bonds. The van der Waals surface area contributed by atoms with Crippen molar-refractivity contribution in [1.29, 1.82) is 0 Å². The molecule has 33 heavy (non-hydrogen) atoms. The smallest absolute Gasteiger partial charge is 0.301 e. The molecule has 1 atom stereocenters. The van der Waals surface area contributed by atoms with Crippen molar-refractivity contribution in [2.75, 3.05) is 12.0 Å². The molecule has 1 aliphatic heterocycles. The van der Waals surface area contributed by atoms with Gasteiger partial charge in [0, 0.05) is 17.2 Å². The monoisotopic (exact) mass is 440 g/mol. The van der Waals surface area contributed by atoms with Gasteiger partial charge in [-0.1, -0.05) is 59.8 Å².